The molecule has 1 aliphatic heterocycles. The van der Waals surface area contributed by atoms with Crippen molar-refractivity contribution < 1.29 is 33.3 Å². The van der Waals surface area contributed by atoms with Gasteiger partial charge in [-0.25, -0.2) is 9.59 Å². The van der Waals surface area contributed by atoms with Crippen LogP contribution in [0.15, 0.2) is 30.4 Å². The highest BCUT2D eigenvalue weighted by Gasteiger charge is 2.34. The fourth-order valence-corrected chi connectivity index (χ4v) is 3.70. The molecule has 1 aromatic rings. The molecule has 1 fully saturated rings. The zero-order chi connectivity index (χ0) is 25.3. The van der Waals surface area contributed by atoms with E-state index >= 15 is 0 Å². The molecule has 0 aliphatic carbocycles. The third-order valence-electron chi connectivity index (χ3n) is 5.26. The van der Waals surface area contributed by atoms with Crippen LogP contribution in [0.25, 0.3) is 0 Å². The van der Waals surface area contributed by atoms with Crippen LogP contribution in [0, 0.1) is 5.92 Å². The van der Waals surface area contributed by atoms with Crippen molar-refractivity contribution >= 4 is 18.0 Å². The molecule has 0 spiro atoms. The number of likely N-dealkylation sites (tertiary alicyclic amines) is 1. The van der Waals surface area contributed by atoms with Crippen molar-refractivity contribution in [2.45, 2.75) is 58.7 Å². The van der Waals surface area contributed by atoms with Gasteiger partial charge in [-0.1, -0.05) is 6.08 Å². The van der Waals surface area contributed by atoms with E-state index in [0.29, 0.717) is 37.4 Å². The molecule has 188 valence electrons. The second-order valence-corrected chi connectivity index (χ2v) is 9.02. The topological polar surface area (TPSA) is 103 Å². The molecule has 1 aromatic carbocycles. The van der Waals surface area contributed by atoms with E-state index < -0.39 is 23.7 Å². The summed E-state index contributed by atoms with van der Waals surface area (Å²) in [4.78, 5) is 39.0. The maximum Gasteiger partial charge on any atom is 0.408 e. The van der Waals surface area contributed by atoms with Crippen molar-refractivity contribution in [2.24, 2.45) is 5.92 Å². The molecule has 0 saturated carbocycles. The number of nitrogens with zero attached hydrogens (tertiary/aromatic N) is 1. The first-order valence-electron chi connectivity index (χ1n) is 11.4. The number of carbonyl (C=O) groups is 3. The van der Waals surface area contributed by atoms with Gasteiger partial charge in [-0.05, 0) is 52.7 Å². The molecular formula is C25H36N2O7. The first kappa shape index (κ1) is 27.0. The number of nitrogens with one attached hydrogen (secondary N) is 1. The lowest BCUT2D eigenvalue weighted by Crippen LogP contribution is -2.40. The van der Waals surface area contributed by atoms with E-state index in [4.69, 9.17) is 18.9 Å². The fraction of sp³-hybridized carbons (Fsp3) is 0.560. The number of hydrogen-bond acceptors (Lipinski definition) is 7. The van der Waals surface area contributed by atoms with E-state index in [1.54, 1.807) is 59.0 Å². The predicted octanol–water partition coefficient (Wildman–Crippen LogP) is 3.46. The molecule has 34 heavy (non-hydrogen) atoms. The highest BCUT2D eigenvalue weighted by Crippen LogP contribution is 2.30. The number of ether oxygens (including phenoxy) is 4. The highest BCUT2D eigenvalue weighted by molar-refractivity contribution is 5.83. The summed E-state index contributed by atoms with van der Waals surface area (Å²) in [6.07, 6.45) is 3.17. The average molecular weight is 477 g/mol. The summed E-state index contributed by atoms with van der Waals surface area (Å²) in [7, 11) is 3.16. The Kier molecular flexibility index (Phi) is 9.77. The number of alkyl carbamates (subject to hydrolysis) is 1. The molecule has 1 N–H and O–H groups in total. The van der Waals surface area contributed by atoms with Crippen LogP contribution in [0.2, 0.25) is 0 Å². The highest BCUT2D eigenvalue weighted by atomic mass is 16.6. The fourth-order valence-electron chi connectivity index (χ4n) is 3.70. The van der Waals surface area contributed by atoms with Crippen molar-refractivity contribution in [3.05, 3.63) is 35.9 Å². The van der Waals surface area contributed by atoms with Gasteiger partial charge in [-0.3, -0.25) is 4.79 Å². The molecule has 0 radical (unpaired) electrons. The molecule has 1 aliphatic rings. The Morgan fingerprint density at radius 3 is 2.59 bits per heavy atom. The lowest BCUT2D eigenvalue weighted by Gasteiger charge is -2.24. The maximum absolute atomic E-state index is 13.1. The number of carbonyl (C=O) groups excluding carboxylic acids is 3. The smallest absolute Gasteiger partial charge is 0.408 e. The van der Waals surface area contributed by atoms with E-state index in [2.05, 4.69) is 5.32 Å². The van der Waals surface area contributed by atoms with Crippen molar-refractivity contribution in [1.82, 2.24) is 10.2 Å². The molecule has 1 saturated heterocycles. The van der Waals surface area contributed by atoms with Crippen LogP contribution in [0.1, 0.15) is 46.1 Å². The maximum atomic E-state index is 13.1. The Morgan fingerprint density at radius 1 is 1.24 bits per heavy atom. The van der Waals surface area contributed by atoms with Crippen molar-refractivity contribution in [2.75, 3.05) is 27.4 Å². The van der Waals surface area contributed by atoms with Crippen molar-refractivity contribution in [1.29, 1.82) is 0 Å². The van der Waals surface area contributed by atoms with Gasteiger partial charge in [0.1, 0.15) is 17.1 Å². The van der Waals surface area contributed by atoms with E-state index in [-0.39, 0.29) is 18.4 Å². The molecule has 0 aromatic heterocycles. The Bertz CT molecular complexity index is 892. The SMILES string of the molecule is CCOC(=O)/C=C/[C@H](C[C@H]1CCN(Cc2ccc(OC)cc2OC)C1=O)NC(=O)OC(C)(C)C. The zero-order valence-corrected chi connectivity index (χ0v) is 20.9. The first-order chi connectivity index (χ1) is 16.1. The summed E-state index contributed by atoms with van der Waals surface area (Å²) < 4.78 is 20.9. The Balaban J connectivity index is 2.08. The number of rotatable bonds is 10. The number of esters is 1. The summed E-state index contributed by atoms with van der Waals surface area (Å²) in [5.74, 6) is 0.493. The van der Waals surface area contributed by atoms with Crippen LogP contribution in [-0.4, -0.2) is 61.9 Å². The first-order valence-corrected chi connectivity index (χ1v) is 11.4. The minimum absolute atomic E-state index is 0.0154. The van der Waals surface area contributed by atoms with Crippen LogP contribution in [-0.2, 0) is 25.6 Å². The van der Waals surface area contributed by atoms with Gasteiger partial charge in [0, 0.05) is 36.7 Å². The third kappa shape index (κ3) is 8.28. The monoisotopic (exact) mass is 476 g/mol. The zero-order valence-electron chi connectivity index (χ0n) is 20.9. The Hall–Kier alpha value is -3.23. The number of methoxy groups -OCH3 is 2. The summed E-state index contributed by atoms with van der Waals surface area (Å²) in [6.45, 7) is 8.25. The normalized spacial score (nSPS) is 16.9. The number of benzene rings is 1. The van der Waals surface area contributed by atoms with Crippen molar-refractivity contribution in [3.63, 3.8) is 0 Å². The number of amides is 2. The lowest BCUT2D eigenvalue weighted by molar-refractivity contribution is -0.137. The van der Waals surface area contributed by atoms with Crippen LogP contribution in [0.3, 0.4) is 0 Å². The van der Waals surface area contributed by atoms with Gasteiger partial charge in [-0.15, -0.1) is 0 Å². The van der Waals surface area contributed by atoms with Gasteiger partial charge in [0.25, 0.3) is 0 Å². The van der Waals surface area contributed by atoms with Gasteiger partial charge >= 0.3 is 12.1 Å². The molecule has 0 unspecified atom stereocenters. The molecule has 0 bridgehead atoms. The summed E-state index contributed by atoms with van der Waals surface area (Å²) in [5, 5.41) is 2.75. The molecular weight excluding hydrogens is 440 g/mol. The molecule has 2 amide bonds. The minimum Gasteiger partial charge on any atom is -0.497 e. The minimum atomic E-state index is -0.670. The van der Waals surface area contributed by atoms with Crippen LogP contribution in [0.4, 0.5) is 4.79 Å². The van der Waals surface area contributed by atoms with E-state index in [0.717, 1.165) is 5.56 Å². The average Bonchev–Trinajstić information content (AvgIpc) is 3.10. The second-order valence-electron chi connectivity index (χ2n) is 9.02. The van der Waals surface area contributed by atoms with Gasteiger partial charge in [0.15, 0.2) is 0 Å². The summed E-state index contributed by atoms with van der Waals surface area (Å²) in [5.41, 5.74) is 0.208. The summed E-state index contributed by atoms with van der Waals surface area (Å²) >= 11 is 0. The van der Waals surface area contributed by atoms with E-state index in [9.17, 15) is 14.4 Å². The third-order valence-corrected chi connectivity index (χ3v) is 5.26. The number of hydrogen-bond donors (Lipinski definition) is 1. The van der Waals surface area contributed by atoms with Gasteiger partial charge < -0.3 is 29.2 Å². The summed E-state index contributed by atoms with van der Waals surface area (Å²) in [6, 6.07) is 4.93. The standard InChI is InChI=1S/C25H36N2O7/c1-7-33-22(28)11-9-19(26-24(30)34-25(2,3)4)14-17-12-13-27(23(17)29)16-18-8-10-20(31-5)15-21(18)32-6/h8-11,15,17,19H,7,12-14,16H2,1-6H3,(H,26,30)/b11-9+/t17-,19-/m1/s1. The van der Waals surface area contributed by atoms with Crippen molar-refractivity contribution in [3.8, 4) is 11.5 Å². The second kappa shape index (κ2) is 12.3. The van der Waals surface area contributed by atoms with Crippen LogP contribution < -0.4 is 14.8 Å². The molecule has 9 heteroatoms. The largest absolute Gasteiger partial charge is 0.497 e. The Morgan fingerprint density at radius 2 is 1.97 bits per heavy atom. The van der Waals surface area contributed by atoms with Gasteiger partial charge in [0.2, 0.25) is 5.91 Å². The van der Waals surface area contributed by atoms with Gasteiger partial charge in [-0.2, -0.15) is 0 Å². The molecule has 2 atom stereocenters. The van der Waals surface area contributed by atoms with Crippen LogP contribution >= 0.6 is 0 Å². The Labute approximate surface area is 201 Å². The van der Waals surface area contributed by atoms with Gasteiger partial charge in [0.05, 0.1) is 26.9 Å². The molecule has 1 heterocycles. The predicted molar refractivity (Wildman–Crippen MR) is 127 cm³/mol. The quantitative estimate of drug-likeness (QED) is 0.407. The lowest BCUT2D eigenvalue weighted by atomic mass is 9.98. The molecule has 9 nitrogen and oxygen atoms in total. The van der Waals surface area contributed by atoms with E-state index in [1.807, 2.05) is 12.1 Å². The van der Waals surface area contributed by atoms with E-state index in [1.165, 1.54) is 6.08 Å². The van der Waals surface area contributed by atoms with Crippen LogP contribution in [0.5, 0.6) is 11.5 Å². The molecule has 2 rings (SSSR count).